The van der Waals surface area contributed by atoms with Crippen LogP contribution in [0.5, 0.6) is 0 Å². The van der Waals surface area contributed by atoms with Crippen LogP contribution in [0.15, 0.2) is 30.6 Å². The van der Waals surface area contributed by atoms with Crippen molar-refractivity contribution in [3.63, 3.8) is 0 Å². The van der Waals surface area contributed by atoms with Gasteiger partial charge in [-0.05, 0) is 55.6 Å². The molecule has 0 aliphatic rings. The van der Waals surface area contributed by atoms with Crippen LogP contribution in [0.25, 0.3) is 0 Å². The molecule has 19 heavy (non-hydrogen) atoms. The van der Waals surface area contributed by atoms with E-state index in [9.17, 15) is 0 Å². The molecule has 0 saturated carbocycles. The van der Waals surface area contributed by atoms with E-state index in [2.05, 4.69) is 49.3 Å². The van der Waals surface area contributed by atoms with Gasteiger partial charge < -0.3 is 5.32 Å². The third-order valence-electron chi connectivity index (χ3n) is 3.30. The molecule has 0 bridgehead atoms. The zero-order valence-corrected chi connectivity index (χ0v) is 12.8. The minimum atomic E-state index is 0.277. The fourth-order valence-electron chi connectivity index (χ4n) is 2.17. The Hall–Kier alpha value is -1.19. The van der Waals surface area contributed by atoms with Crippen molar-refractivity contribution >= 4 is 11.3 Å². The lowest BCUT2D eigenvalue weighted by Crippen LogP contribution is -2.23. The van der Waals surface area contributed by atoms with E-state index >= 15 is 0 Å². The van der Waals surface area contributed by atoms with Gasteiger partial charge in [0.15, 0.2) is 0 Å². The largest absolute Gasteiger partial charge is 0.306 e. The van der Waals surface area contributed by atoms with Crippen LogP contribution in [-0.4, -0.2) is 11.5 Å². The molecule has 1 unspecified atom stereocenters. The first-order chi connectivity index (χ1) is 9.26. The third-order valence-corrected chi connectivity index (χ3v) is 4.60. The van der Waals surface area contributed by atoms with Gasteiger partial charge in [0.2, 0.25) is 0 Å². The van der Waals surface area contributed by atoms with E-state index in [-0.39, 0.29) is 6.04 Å². The molecular weight excluding hydrogens is 252 g/mol. The Morgan fingerprint density at radius 2 is 2.11 bits per heavy atom. The van der Waals surface area contributed by atoms with Crippen molar-refractivity contribution in [1.82, 2.24) is 10.3 Å². The Morgan fingerprint density at radius 3 is 2.74 bits per heavy atom. The fourth-order valence-corrected chi connectivity index (χ4v) is 3.22. The fraction of sp³-hybridized carbons (Fsp3) is 0.438. The van der Waals surface area contributed by atoms with E-state index in [1.165, 1.54) is 20.9 Å². The lowest BCUT2D eigenvalue weighted by atomic mass is 10.0. The summed E-state index contributed by atoms with van der Waals surface area (Å²) < 4.78 is 0. The Morgan fingerprint density at radius 1 is 1.26 bits per heavy atom. The molecular formula is C16H22N2S. The van der Waals surface area contributed by atoms with Crippen LogP contribution in [-0.2, 0) is 6.42 Å². The molecule has 1 N–H and O–H groups in total. The highest BCUT2D eigenvalue weighted by Gasteiger charge is 2.17. The number of hydrogen-bond donors (Lipinski definition) is 1. The summed E-state index contributed by atoms with van der Waals surface area (Å²) in [5.41, 5.74) is 2.59. The molecule has 3 heteroatoms. The van der Waals surface area contributed by atoms with E-state index in [0.29, 0.717) is 0 Å². The second kappa shape index (κ2) is 6.83. The minimum Gasteiger partial charge on any atom is -0.306 e. The summed E-state index contributed by atoms with van der Waals surface area (Å²) in [7, 11) is 0. The van der Waals surface area contributed by atoms with Gasteiger partial charge >= 0.3 is 0 Å². The van der Waals surface area contributed by atoms with Gasteiger partial charge in [-0.25, -0.2) is 0 Å². The second-order valence-electron chi connectivity index (χ2n) is 4.78. The zero-order valence-electron chi connectivity index (χ0n) is 11.9. The van der Waals surface area contributed by atoms with Gasteiger partial charge in [-0.2, -0.15) is 0 Å². The molecule has 0 spiro atoms. The van der Waals surface area contributed by atoms with Gasteiger partial charge in [0.05, 0.1) is 6.04 Å². The summed E-state index contributed by atoms with van der Waals surface area (Å²) >= 11 is 1.90. The molecule has 1 atom stereocenters. The maximum Gasteiger partial charge on any atom is 0.0688 e. The van der Waals surface area contributed by atoms with Crippen LogP contribution < -0.4 is 5.32 Å². The normalized spacial score (nSPS) is 12.6. The predicted octanol–water partition coefficient (Wildman–Crippen LogP) is 4.10. The van der Waals surface area contributed by atoms with E-state index in [1.807, 2.05) is 23.7 Å². The van der Waals surface area contributed by atoms with Crippen molar-refractivity contribution in [3.05, 3.63) is 51.5 Å². The first kappa shape index (κ1) is 14.2. The Bertz CT molecular complexity index is 519. The van der Waals surface area contributed by atoms with Gasteiger partial charge in [0.25, 0.3) is 0 Å². The first-order valence-electron chi connectivity index (χ1n) is 6.98. The maximum absolute atomic E-state index is 4.29. The lowest BCUT2D eigenvalue weighted by Gasteiger charge is -2.19. The van der Waals surface area contributed by atoms with E-state index in [0.717, 1.165) is 19.4 Å². The minimum absolute atomic E-state index is 0.277. The number of nitrogens with one attached hydrogen (secondary N) is 1. The molecule has 0 radical (unpaired) electrons. The molecule has 0 fully saturated rings. The number of pyridine rings is 1. The monoisotopic (exact) mass is 274 g/mol. The van der Waals surface area contributed by atoms with Gasteiger partial charge in [-0.15, -0.1) is 11.3 Å². The molecule has 2 aromatic heterocycles. The quantitative estimate of drug-likeness (QED) is 0.857. The van der Waals surface area contributed by atoms with Gasteiger partial charge in [0.1, 0.15) is 0 Å². The first-order valence-corrected chi connectivity index (χ1v) is 7.80. The highest BCUT2D eigenvalue weighted by Crippen LogP contribution is 2.30. The van der Waals surface area contributed by atoms with Crippen molar-refractivity contribution in [2.24, 2.45) is 0 Å². The number of aryl methyl sites for hydroxylation is 2. The number of hydrogen-bond acceptors (Lipinski definition) is 3. The molecule has 0 aromatic carbocycles. The summed E-state index contributed by atoms with van der Waals surface area (Å²) in [4.78, 5) is 7.13. The molecule has 2 nitrogen and oxygen atoms in total. The maximum atomic E-state index is 4.29. The predicted molar refractivity (Wildman–Crippen MR) is 82.8 cm³/mol. The van der Waals surface area contributed by atoms with E-state index < -0.39 is 0 Å². The topological polar surface area (TPSA) is 24.9 Å². The lowest BCUT2D eigenvalue weighted by molar-refractivity contribution is 0.602. The van der Waals surface area contributed by atoms with Gasteiger partial charge in [-0.3, -0.25) is 4.98 Å². The molecule has 0 aliphatic carbocycles. The molecule has 2 heterocycles. The molecule has 0 saturated heterocycles. The van der Waals surface area contributed by atoms with Crippen LogP contribution >= 0.6 is 11.3 Å². The van der Waals surface area contributed by atoms with Crippen molar-refractivity contribution in [2.75, 3.05) is 6.54 Å². The van der Waals surface area contributed by atoms with Crippen molar-refractivity contribution < 1.29 is 0 Å². The molecule has 0 amide bonds. The molecule has 2 aromatic rings. The van der Waals surface area contributed by atoms with Gasteiger partial charge in [-0.1, -0.05) is 13.8 Å². The van der Waals surface area contributed by atoms with Gasteiger partial charge in [0, 0.05) is 22.1 Å². The zero-order chi connectivity index (χ0) is 13.7. The number of thiophene rings is 1. The summed E-state index contributed by atoms with van der Waals surface area (Å²) in [6, 6.07) is 6.86. The summed E-state index contributed by atoms with van der Waals surface area (Å²) in [5, 5.41) is 3.65. The standard InChI is InChI=1S/C16H22N2S/c1-4-9-18-16(14-11-17-10-8-12(14)3)15-7-6-13(5-2)19-15/h6-8,10-11,16,18H,4-5,9H2,1-3H3. The van der Waals surface area contributed by atoms with E-state index in [4.69, 9.17) is 0 Å². The van der Waals surface area contributed by atoms with Crippen LogP contribution in [0.1, 0.15) is 47.2 Å². The van der Waals surface area contributed by atoms with Crippen molar-refractivity contribution in [3.8, 4) is 0 Å². The molecule has 0 aliphatic heterocycles. The average molecular weight is 274 g/mol. The summed E-state index contributed by atoms with van der Waals surface area (Å²) in [6.45, 7) is 7.59. The summed E-state index contributed by atoms with van der Waals surface area (Å²) in [6.07, 6.45) is 6.11. The van der Waals surface area contributed by atoms with Crippen LogP contribution in [0.4, 0.5) is 0 Å². The highest BCUT2D eigenvalue weighted by molar-refractivity contribution is 7.12. The molecule has 102 valence electrons. The second-order valence-corrected chi connectivity index (χ2v) is 5.98. The number of rotatable bonds is 6. The molecule has 2 rings (SSSR count). The highest BCUT2D eigenvalue weighted by atomic mass is 32.1. The number of nitrogens with zero attached hydrogens (tertiary/aromatic N) is 1. The number of aromatic nitrogens is 1. The van der Waals surface area contributed by atoms with Crippen LogP contribution in [0, 0.1) is 6.92 Å². The Balaban J connectivity index is 2.32. The average Bonchev–Trinajstić information content (AvgIpc) is 2.90. The van der Waals surface area contributed by atoms with Crippen LogP contribution in [0.3, 0.4) is 0 Å². The third kappa shape index (κ3) is 3.43. The SMILES string of the molecule is CCCNC(c1ccc(CC)s1)c1cnccc1C. The van der Waals surface area contributed by atoms with Crippen molar-refractivity contribution in [2.45, 2.75) is 39.7 Å². The Labute approximate surface area is 119 Å². The summed E-state index contributed by atoms with van der Waals surface area (Å²) in [5.74, 6) is 0. The Kier molecular flexibility index (Phi) is 5.11. The van der Waals surface area contributed by atoms with Crippen LogP contribution in [0.2, 0.25) is 0 Å². The van der Waals surface area contributed by atoms with Crippen molar-refractivity contribution in [1.29, 1.82) is 0 Å². The smallest absolute Gasteiger partial charge is 0.0688 e. The van der Waals surface area contributed by atoms with E-state index in [1.54, 1.807) is 0 Å².